The lowest BCUT2D eigenvalue weighted by Gasteiger charge is -2.30. The number of nitrogens with one attached hydrogen (secondary N) is 6. The van der Waals surface area contributed by atoms with Gasteiger partial charge in [0.25, 0.3) is 17.7 Å². The monoisotopic (exact) mass is 1030 g/mol. The third kappa shape index (κ3) is 17.2. The van der Waals surface area contributed by atoms with Gasteiger partial charge in [-0.1, -0.05) is 32.4 Å². The summed E-state index contributed by atoms with van der Waals surface area (Å²) < 4.78 is 16.6. The van der Waals surface area contributed by atoms with E-state index in [1.165, 1.54) is 18.3 Å². The Labute approximate surface area is 433 Å². The van der Waals surface area contributed by atoms with Crippen molar-refractivity contribution >= 4 is 70.4 Å². The number of carbonyl (C=O) groups excluding carboxylic acids is 8. The fourth-order valence-corrected chi connectivity index (χ4v) is 7.82. The van der Waals surface area contributed by atoms with Crippen LogP contribution in [0, 0.1) is 5.92 Å². The number of primary amides is 1. The number of rotatable bonds is 26. The lowest BCUT2D eigenvalue weighted by Crippen LogP contribution is -2.54. The second-order valence-corrected chi connectivity index (χ2v) is 17.8. The summed E-state index contributed by atoms with van der Waals surface area (Å²) >= 11 is 0. The van der Waals surface area contributed by atoms with Gasteiger partial charge in [-0.2, -0.15) is 0 Å². The van der Waals surface area contributed by atoms with Gasteiger partial charge in [0.1, 0.15) is 31.0 Å². The van der Waals surface area contributed by atoms with Gasteiger partial charge in [-0.15, -0.1) is 0 Å². The van der Waals surface area contributed by atoms with Crippen molar-refractivity contribution in [1.82, 2.24) is 41.1 Å². The molecule has 0 saturated carbocycles. The largest absolute Gasteiger partial charge is 0.492 e. The van der Waals surface area contributed by atoms with Crippen LogP contribution < -0.4 is 53.0 Å². The Morgan fingerprint density at radius 3 is 2.25 bits per heavy atom. The number of nitrogen functional groups attached to an aromatic ring is 1. The number of pyridine rings is 1. The fraction of sp³-hybridized carbons (Fsp3) is 0.392. The van der Waals surface area contributed by atoms with Gasteiger partial charge in [-0.05, 0) is 79.6 Å². The maximum atomic E-state index is 13.6. The van der Waals surface area contributed by atoms with Crippen LogP contribution in [0.15, 0.2) is 85.3 Å². The molecule has 2 atom stereocenters. The number of nitrogens with zero attached hydrogens (tertiary/aromatic N) is 5. The van der Waals surface area contributed by atoms with E-state index in [1.807, 2.05) is 6.07 Å². The quantitative estimate of drug-likeness (QED) is 0.0331. The first-order valence-electron chi connectivity index (χ1n) is 24.6. The third-order valence-corrected chi connectivity index (χ3v) is 11.8. The van der Waals surface area contributed by atoms with Gasteiger partial charge in [-0.3, -0.25) is 38.7 Å². The first kappa shape index (κ1) is 55.6. The van der Waals surface area contributed by atoms with E-state index in [4.69, 9.17) is 25.7 Å². The number of imide groups is 1. The number of amides is 9. The van der Waals surface area contributed by atoms with Crippen LogP contribution >= 0.6 is 0 Å². The molecule has 6 rings (SSSR count). The zero-order valence-corrected chi connectivity index (χ0v) is 41.8. The first-order chi connectivity index (χ1) is 36.1. The summed E-state index contributed by atoms with van der Waals surface area (Å²) in [5.41, 5.74) is 14.6. The van der Waals surface area contributed by atoms with Crippen LogP contribution in [-0.4, -0.2) is 132 Å². The van der Waals surface area contributed by atoms with Crippen molar-refractivity contribution in [3.63, 3.8) is 0 Å². The van der Waals surface area contributed by atoms with Crippen molar-refractivity contribution in [1.29, 1.82) is 0 Å². The van der Waals surface area contributed by atoms with Gasteiger partial charge in [0.15, 0.2) is 11.5 Å². The molecule has 0 radical (unpaired) electrons. The van der Waals surface area contributed by atoms with E-state index in [-0.39, 0.29) is 80.8 Å². The molecule has 24 heteroatoms. The van der Waals surface area contributed by atoms with Crippen LogP contribution in [0.3, 0.4) is 0 Å². The summed E-state index contributed by atoms with van der Waals surface area (Å²) in [7, 11) is 0. The maximum absolute atomic E-state index is 13.6. The van der Waals surface area contributed by atoms with Crippen molar-refractivity contribution in [2.45, 2.75) is 71.1 Å². The zero-order chi connectivity index (χ0) is 53.7. The average Bonchev–Trinajstić information content (AvgIpc) is 3.72. The number of unbranched alkanes of at least 4 members (excludes halogenated alkanes) is 2. The lowest BCUT2D eigenvalue weighted by atomic mass is 10.0. The van der Waals surface area contributed by atoms with Crippen LogP contribution in [0.1, 0.15) is 68.4 Å². The van der Waals surface area contributed by atoms with Gasteiger partial charge in [0, 0.05) is 62.2 Å². The number of carbonyl (C=O) groups is 8. The summed E-state index contributed by atoms with van der Waals surface area (Å²) in [6, 6.07) is 12.5. The minimum atomic E-state index is -1.06. The molecule has 24 nitrogen and oxygen atoms in total. The predicted molar refractivity (Wildman–Crippen MR) is 276 cm³/mol. The van der Waals surface area contributed by atoms with Gasteiger partial charge < -0.3 is 62.5 Å². The van der Waals surface area contributed by atoms with E-state index in [1.54, 1.807) is 74.8 Å². The molecular formula is C51H63N13O11. The van der Waals surface area contributed by atoms with Crippen LogP contribution in [-0.2, 0) is 40.1 Å². The van der Waals surface area contributed by atoms with E-state index in [0.29, 0.717) is 85.9 Å². The average molecular weight is 1030 g/mol. The number of nitrogens with two attached hydrogens (primary N) is 2. The fourth-order valence-electron chi connectivity index (χ4n) is 7.82. The molecule has 9 amide bonds. The smallest absolute Gasteiger partial charge is 0.407 e. The number of hydrogen-bond donors (Lipinski definition) is 8. The summed E-state index contributed by atoms with van der Waals surface area (Å²) in [6.45, 7) is 6.59. The minimum absolute atomic E-state index is 0.0318. The number of aromatic nitrogens is 3. The van der Waals surface area contributed by atoms with Crippen LogP contribution in [0.25, 0.3) is 11.3 Å². The highest BCUT2D eigenvalue weighted by Gasteiger charge is 2.29. The molecule has 10 N–H and O–H groups in total. The summed E-state index contributed by atoms with van der Waals surface area (Å²) in [5, 5.41) is 16.3. The second-order valence-electron chi connectivity index (χ2n) is 17.8. The highest BCUT2D eigenvalue weighted by molar-refractivity contribution is 6.13. The maximum Gasteiger partial charge on any atom is 0.407 e. The Hall–Kier alpha value is -8.67. The Balaban J connectivity index is 0.914. The number of benzene rings is 2. The number of anilines is 4. The summed E-state index contributed by atoms with van der Waals surface area (Å²) in [6.07, 6.45) is 8.56. The van der Waals surface area contributed by atoms with Crippen LogP contribution in [0.4, 0.5) is 32.5 Å². The van der Waals surface area contributed by atoms with Crippen molar-refractivity contribution in [2.24, 2.45) is 11.7 Å². The van der Waals surface area contributed by atoms with Gasteiger partial charge in [0.05, 0.1) is 49.2 Å². The molecule has 2 aliphatic heterocycles. The summed E-state index contributed by atoms with van der Waals surface area (Å²) in [4.78, 5) is 117. The zero-order valence-electron chi connectivity index (χ0n) is 41.8. The number of urea groups is 1. The third-order valence-electron chi connectivity index (χ3n) is 11.8. The van der Waals surface area contributed by atoms with E-state index < -0.39 is 41.9 Å². The molecule has 2 aromatic heterocycles. The van der Waals surface area contributed by atoms with Crippen LogP contribution in [0.5, 0.6) is 5.75 Å². The highest BCUT2D eigenvalue weighted by atomic mass is 16.5. The van der Waals surface area contributed by atoms with Gasteiger partial charge in [-0.25, -0.2) is 19.6 Å². The number of alkyl carbamates (subject to hydrolysis) is 1. The number of morpholine rings is 1. The molecule has 1 saturated heterocycles. The molecule has 75 heavy (non-hydrogen) atoms. The Morgan fingerprint density at radius 2 is 1.55 bits per heavy atom. The molecule has 1 fully saturated rings. The normalized spacial score (nSPS) is 13.9. The molecule has 0 spiro atoms. The lowest BCUT2D eigenvalue weighted by molar-refractivity contribution is -0.137. The Bertz CT molecular complexity index is 2660. The molecule has 0 aliphatic carbocycles. The van der Waals surface area contributed by atoms with E-state index in [9.17, 15) is 38.4 Å². The molecule has 2 aromatic carbocycles. The second kappa shape index (κ2) is 28.0. The molecule has 0 unspecified atom stereocenters. The topological polar surface area (TPSA) is 334 Å². The number of ether oxygens (including phenoxy) is 3. The number of hydrogen-bond acceptors (Lipinski definition) is 16. The van der Waals surface area contributed by atoms with Crippen molar-refractivity contribution < 1.29 is 52.6 Å². The van der Waals surface area contributed by atoms with Gasteiger partial charge >= 0.3 is 12.1 Å². The molecule has 4 heterocycles. The van der Waals surface area contributed by atoms with Crippen molar-refractivity contribution in [2.75, 3.05) is 73.8 Å². The molecular weight excluding hydrogens is 971 g/mol. The molecule has 398 valence electrons. The molecule has 0 bridgehead atoms. The van der Waals surface area contributed by atoms with Crippen LogP contribution in [0.2, 0.25) is 0 Å². The van der Waals surface area contributed by atoms with Gasteiger partial charge in [0.2, 0.25) is 17.7 Å². The Morgan fingerprint density at radius 1 is 0.813 bits per heavy atom. The standard InChI is InChI=1S/C51H63N13O11/c1-32(2)44(62-41(65)8-4-3-5-23-64-42(66)17-18-43(64)67)48(69)60-37(7-6-20-55-50(53)71)47(68)58-35-13-9-33(10-14-35)31-75-51(72)56-22-26-74-36-15-11-34(12-16-36)38-30-57-46(52)45(59-38)49(70)61-39-29-54-21-19-40(39)63-24-27-73-28-25-63/h9-19,21,29-30,32,37,44H,3-8,20,22-28,31H2,1-2H3,(H2,52,57)(H,56,72)(H,58,68)(H,60,69)(H,61,70)(H,62,65)(H3,53,55,71)/t37-,44-/m0/s1. The van der Waals surface area contributed by atoms with E-state index in [2.05, 4.69) is 51.8 Å². The molecule has 4 aromatic rings. The van der Waals surface area contributed by atoms with E-state index in [0.717, 1.165) is 10.6 Å². The van der Waals surface area contributed by atoms with Crippen molar-refractivity contribution in [3.05, 3.63) is 96.6 Å². The van der Waals surface area contributed by atoms with E-state index >= 15 is 0 Å². The summed E-state index contributed by atoms with van der Waals surface area (Å²) in [5.74, 6) is -2.60. The first-order valence-corrected chi connectivity index (χ1v) is 24.6. The highest BCUT2D eigenvalue weighted by Crippen LogP contribution is 2.27. The molecule has 2 aliphatic rings. The van der Waals surface area contributed by atoms with Crippen molar-refractivity contribution in [3.8, 4) is 17.0 Å². The predicted octanol–water partition coefficient (Wildman–Crippen LogP) is 3.01. The Kier molecular flexibility index (Phi) is 20.7. The minimum Gasteiger partial charge on any atom is -0.492 e. The SMILES string of the molecule is CC(C)[C@H](NC(=O)CCCCCN1C(=O)C=CC1=O)C(=O)N[C@@H](CCCNC(N)=O)C(=O)Nc1ccc(COC(=O)NCCOc2ccc(-c3cnc(N)c(C(=O)Nc4cnccc4N4CCOCC4)n3)cc2)cc1.